The van der Waals surface area contributed by atoms with Crippen molar-refractivity contribution in [3.05, 3.63) is 265 Å². The van der Waals surface area contributed by atoms with Gasteiger partial charge in [0, 0.05) is 87.8 Å². The third-order valence-electron chi connectivity index (χ3n) is 17.4. The zero-order valence-corrected chi connectivity index (χ0v) is 50.1. The minimum absolute atomic E-state index is 0.0359. The van der Waals surface area contributed by atoms with E-state index in [0.717, 1.165) is 64.8 Å². The van der Waals surface area contributed by atoms with Gasteiger partial charge in [0.05, 0.1) is 0 Å². The predicted molar refractivity (Wildman–Crippen MR) is 362 cm³/mol. The molecule has 0 radical (unpaired) electrons. The van der Waals surface area contributed by atoms with Gasteiger partial charge in [0.25, 0.3) is 0 Å². The summed E-state index contributed by atoms with van der Waals surface area (Å²) < 4.78 is 0. The number of hydrogen-bond donors (Lipinski definition) is 0. The van der Waals surface area contributed by atoms with Gasteiger partial charge in [-0.1, -0.05) is 202 Å². The zero-order chi connectivity index (χ0) is 56.8. The Balaban J connectivity index is 1.07. The summed E-state index contributed by atoms with van der Waals surface area (Å²) in [6, 6.07) is 91.3. The minimum Gasteiger partial charge on any atom is -0.311 e. The van der Waals surface area contributed by atoms with Gasteiger partial charge in [0.2, 0.25) is 13.4 Å². The van der Waals surface area contributed by atoms with Crippen molar-refractivity contribution in [3.63, 3.8) is 0 Å². The van der Waals surface area contributed by atoms with Gasteiger partial charge in [0.1, 0.15) is 0 Å². The van der Waals surface area contributed by atoms with Crippen LogP contribution in [-0.4, -0.2) is 13.4 Å². The van der Waals surface area contributed by atoms with Crippen LogP contribution in [0.2, 0.25) is 0 Å². The molecule has 84 heavy (non-hydrogen) atoms. The number of anilines is 12. The van der Waals surface area contributed by atoms with E-state index in [-0.39, 0.29) is 18.8 Å². The van der Waals surface area contributed by atoms with Gasteiger partial charge in [-0.3, -0.25) is 0 Å². The molecular weight excluding hydrogens is 1050 g/mol. The molecule has 0 saturated carbocycles. The van der Waals surface area contributed by atoms with E-state index in [1.54, 1.807) is 0 Å². The number of nitrogens with zero attached hydrogens (tertiary/aromatic N) is 4. The van der Waals surface area contributed by atoms with Gasteiger partial charge < -0.3 is 19.6 Å². The maximum absolute atomic E-state index is 2.71. The molecule has 11 aromatic rings. The van der Waals surface area contributed by atoms with Crippen LogP contribution in [-0.2, 0) is 11.8 Å². The van der Waals surface area contributed by atoms with E-state index in [9.17, 15) is 0 Å². The Morgan fingerprint density at radius 3 is 1.18 bits per heavy atom. The van der Waals surface area contributed by atoms with Crippen molar-refractivity contribution in [3.8, 4) is 0 Å². The molecule has 4 nitrogen and oxygen atoms in total. The molecule has 15 rings (SSSR count). The highest BCUT2D eigenvalue weighted by atomic mass is 32.2. The summed E-state index contributed by atoms with van der Waals surface area (Å²) >= 11 is 3.92. The monoisotopic (exact) mass is 1120 g/mol. The second kappa shape index (κ2) is 21.0. The fourth-order valence-corrected chi connectivity index (χ4v) is 16.6. The molecule has 11 aromatic carbocycles. The van der Waals surface area contributed by atoms with Crippen LogP contribution in [0.1, 0.15) is 62.8 Å². The highest BCUT2D eigenvalue weighted by Crippen LogP contribution is 2.51. The molecule has 0 atom stereocenters. The van der Waals surface area contributed by atoms with E-state index in [4.69, 9.17) is 0 Å². The highest BCUT2D eigenvalue weighted by molar-refractivity contribution is 8.00. The Bertz CT molecular complexity index is 4250. The van der Waals surface area contributed by atoms with Gasteiger partial charge >= 0.3 is 0 Å². The molecular formula is C76H64B2N4S2. The van der Waals surface area contributed by atoms with Gasteiger partial charge in [-0.2, -0.15) is 0 Å². The van der Waals surface area contributed by atoms with Crippen LogP contribution in [0.5, 0.6) is 0 Å². The number of rotatable bonds is 11. The van der Waals surface area contributed by atoms with E-state index in [2.05, 4.69) is 304 Å². The van der Waals surface area contributed by atoms with Gasteiger partial charge in [-0.05, 0) is 186 Å². The molecule has 0 spiro atoms. The van der Waals surface area contributed by atoms with E-state index < -0.39 is 0 Å². The lowest BCUT2D eigenvalue weighted by atomic mass is 9.30. The number of fused-ring (bicyclic) bond motifs is 8. The minimum atomic E-state index is -0.134. The molecule has 0 amide bonds. The topological polar surface area (TPSA) is 13.0 Å². The largest absolute Gasteiger partial charge is 0.311 e. The summed E-state index contributed by atoms with van der Waals surface area (Å²) in [4.78, 5) is 15.4. The summed E-state index contributed by atoms with van der Waals surface area (Å²) in [7, 11) is 0. The zero-order valence-electron chi connectivity index (χ0n) is 48.5. The smallest absolute Gasteiger partial charge is 0.249 e. The molecule has 8 heteroatoms. The van der Waals surface area contributed by atoms with Crippen molar-refractivity contribution >= 4 is 138 Å². The quantitative estimate of drug-likeness (QED) is 0.119. The van der Waals surface area contributed by atoms with Crippen LogP contribution in [0, 0.1) is 13.8 Å². The molecule has 0 aliphatic carbocycles. The normalized spacial score (nSPS) is 13.3. The Morgan fingerprint density at radius 2 is 0.762 bits per heavy atom. The lowest BCUT2D eigenvalue weighted by Crippen LogP contribution is -2.65. The van der Waals surface area contributed by atoms with E-state index >= 15 is 0 Å². The summed E-state index contributed by atoms with van der Waals surface area (Å²) in [5.41, 5.74) is 27.5. The van der Waals surface area contributed by atoms with Crippen LogP contribution in [0.15, 0.2) is 262 Å². The van der Waals surface area contributed by atoms with Crippen LogP contribution in [0.3, 0.4) is 0 Å². The van der Waals surface area contributed by atoms with Gasteiger partial charge in [-0.15, -0.1) is 0 Å². The molecule has 4 heterocycles. The molecule has 0 unspecified atom stereocenters. The second-order valence-corrected chi connectivity index (χ2v) is 26.2. The molecule has 0 fully saturated rings. The number of benzene rings is 11. The van der Waals surface area contributed by atoms with Crippen molar-refractivity contribution in [2.75, 3.05) is 19.6 Å². The molecule has 0 aromatic heterocycles. The first-order valence-electron chi connectivity index (χ1n) is 29.8. The first kappa shape index (κ1) is 52.3. The van der Waals surface area contributed by atoms with Crippen LogP contribution in [0.25, 0.3) is 0 Å². The predicted octanol–water partition coefficient (Wildman–Crippen LogP) is 17.4. The fourth-order valence-electron chi connectivity index (χ4n) is 13.9. The molecule has 0 saturated heterocycles. The SMILES string of the molecule is CCCCc1cc(C)cc2c1B1c3cc4c(cc3N(c3ccccc3)c3cc(N(c5ccccc5)c5ccccc5)cc(c31)S2)N(c1ccccc1)c1cc(N(c2ccccc2)c2ccccc2)cc2c1B4c1c(cc(C)cc1C(C)(C)C)S2. The fraction of sp³-hybridized carbons (Fsp3) is 0.132. The lowest BCUT2D eigenvalue weighted by Gasteiger charge is -2.46. The summed E-state index contributed by atoms with van der Waals surface area (Å²) in [6.07, 6.45) is 3.30. The summed E-state index contributed by atoms with van der Waals surface area (Å²) in [5, 5.41) is 0. The maximum Gasteiger partial charge on any atom is 0.249 e. The van der Waals surface area contributed by atoms with E-state index in [0.29, 0.717) is 0 Å². The first-order chi connectivity index (χ1) is 41.1. The number of hydrogen-bond acceptors (Lipinski definition) is 6. The Hall–Kier alpha value is -8.55. The van der Waals surface area contributed by atoms with E-state index in [1.807, 2.05) is 23.5 Å². The number of para-hydroxylation sites is 6. The molecule has 406 valence electrons. The molecule has 0 N–H and O–H groups in total. The molecule has 4 aliphatic rings. The van der Waals surface area contributed by atoms with Crippen LogP contribution in [0.4, 0.5) is 68.2 Å². The Labute approximate surface area is 505 Å². The van der Waals surface area contributed by atoms with Crippen LogP contribution < -0.4 is 52.4 Å². The standard InChI is InChI=1S/C76H64B2N4S2/c1-7-8-27-52-40-50(2)42-68-72(52)77-62-48-63-65(49-64(62)81(57-36-23-13-24-37-57)66-44-59(46-70(83-68)74(66)77)79(53-28-15-9-16-29-53)54-30-17-10-18-31-54)82(58-38-25-14-26-39-58)67-45-60(80(55-32-19-11-20-33-55)56-34-21-12-22-35-56)47-71-75(67)78(63)73-61(76(4,5)6)41-51(3)43-69(73)84-71/h9-26,28-49H,7-8,27H2,1-6H3. The van der Waals surface area contributed by atoms with Crippen molar-refractivity contribution < 1.29 is 0 Å². The molecule has 0 bridgehead atoms. The highest BCUT2D eigenvalue weighted by Gasteiger charge is 2.48. The average Bonchev–Trinajstić information content (AvgIpc) is 0.776. The van der Waals surface area contributed by atoms with Crippen molar-refractivity contribution in [2.24, 2.45) is 0 Å². The third kappa shape index (κ3) is 8.79. The van der Waals surface area contributed by atoms with Gasteiger partial charge in [-0.25, -0.2) is 0 Å². The Kier molecular flexibility index (Phi) is 13.0. The van der Waals surface area contributed by atoms with Crippen molar-refractivity contribution in [2.45, 2.75) is 85.8 Å². The summed E-state index contributed by atoms with van der Waals surface area (Å²) in [5.74, 6) is 0. The van der Waals surface area contributed by atoms with E-state index in [1.165, 1.54) is 97.4 Å². The average molecular weight is 1120 g/mol. The number of unbranched alkanes of at least 4 members (excludes halogenated alkanes) is 1. The second-order valence-electron chi connectivity index (χ2n) is 24.1. The molecule has 4 aliphatic heterocycles. The van der Waals surface area contributed by atoms with Crippen molar-refractivity contribution in [1.29, 1.82) is 0 Å². The summed E-state index contributed by atoms with van der Waals surface area (Å²) in [6.45, 7) is 14.1. The van der Waals surface area contributed by atoms with Crippen LogP contribution >= 0.6 is 23.5 Å². The first-order valence-corrected chi connectivity index (χ1v) is 31.4. The van der Waals surface area contributed by atoms with Gasteiger partial charge in [0.15, 0.2) is 0 Å². The number of aryl methyl sites for hydroxylation is 3. The Morgan fingerprint density at radius 1 is 0.381 bits per heavy atom. The van der Waals surface area contributed by atoms with Crippen molar-refractivity contribution in [1.82, 2.24) is 0 Å². The lowest BCUT2D eigenvalue weighted by molar-refractivity contribution is 0.592. The maximum atomic E-state index is 2.71. The third-order valence-corrected chi connectivity index (χ3v) is 19.7.